The Balaban J connectivity index is 1.89. The fourth-order valence-electron chi connectivity index (χ4n) is 2.04. The van der Waals surface area contributed by atoms with E-state index in [2.05, 4.69) is 15.6 Å². The van der Waals surface area contributed by atoms with Crippen molar-refractivity contribution in [1.82, 2.24) is 15.6 Å². The van der Waals surface area contributed by atoms with Gasteiger partial charge in [0.05, 0.1) is 12.1 Å². The van der Waals surface area contributed by atoms with E-state index < -0.39 is 0 Å². The molecule has 0 radical (unpaired) electrons. The summed E-state index contributed by atoms with van der Waals surface area (Å²) in [5.74, 6) is 1.49. The normalized spacial score (nSPS) is 22.1. The SMILES string of the molecule is Cc1cnc(C(C)NC(=O)[C@@H]2CCCNC2)o1. The Bertz CT molecular complexity index is 383. The summed E-state index contributed by atoms with van der Waals surface area (Å²) in [5.41, 5.74) is 0. The number of rotatable bonds is 3. The molecule has 2 heterocycles. The van der Waals surface area contributed by atoms with Crippen molar-refractivity contribution in [2.75, 3.05) is 13.1 Å². The summed E-state index contributed by atoms with van der Waals surface area (Å²) in [4.78, 5) is 16.1. The maximum absolute atomic E-state index is 12.0. The molecule has 5 heteroatoms. The Morgan fingerprint density at radius 1 is 1.71 bits per heavy atom. The highest BCUT2D eigenvalue weighted by atomic mass is 16.4. The van der Waals surface area contributed by atoms with Crippen LogP contribution in [0.1, 0.15) is 37.5 Å². The molecule has 94 valence electrons. The molecule has 1 saturated heterocycles. The summed E-state index contributed by atoms with van der Waals surface area (Å²) in [6, 6.07) is -0.168. The summed E-state index contributed by atoms with van der Waals surface area (Å²) >= 11 is 0. The molecule has 0 spiro atoms. The first-order valence-corrected chi connectivity index (χ1v) is 6.10. The lowest BCUT2D eigenvalue weighted by Crippen LogP contribution is -2.41. The summed E-state index contributed by atoms with van der Waals surface area (Å²) < 4.78 is 5.39. The van der Waals surface area contributed by atoms with Gasteiger partial charge in [-0.15, -0.1) is 0 Å². The van der Waals surface area contributed by atoms with Gasteiger partial charge in [0.1, 0.15) is 11.8 Å². The largest absolute Gasteiger partial charge is 0.444 e. The minimum Gasteiger partial charge on any atom is -0.444 e. The quantitative estimate of drug-likeness (QED) is 0.828. The smallest absolute Gasteiger partial charge is 0.225 e. The molecule has 1 aromatic heterocycles. The minimum atomic E-state index is -0.168. The van der Waals surface area contributed by atoms with Crippen molar-refractivity contribution in [3.05, 3.63) is 17.8 Å². The molecular weight excluding hydrogens is 218 g/mol. The molecule has 2 N–H and O–H groups in total. The van der Waals surface area contributed by atoms with Crippen LogP contribution in [-0.2, 0) is 4.79 Å². The van der Waals surface area contributed by atoms with Gasteiger partial charge < -0.3 is 15.1 Å². The van der Waals surface area contributed by atoms with E-state index in [0.717, 1.165) is 31.7 Å². The molecule has 1 aliphatic heterocycles. The fraction of sp³-hybridized carbons (Fsp3) is 0.667. The van der Waals surface area contributed by atoms with Crippen molar-refractivity contribution >= 4 is 5.91 Å². The van der Waals surface area contributed by atoms with Crippen LogP contribution in [0.15, 0.2) is 10.6 Å². The molecule has 0 aromatic carbocycles. The summed E-state index contributed by atoms with van der Waals surface area (Å²) in [5, 5.41) is 6.18. The number of hydrogen-bond donors (Lipinski definition) is 2. The maximum Gasteiger partial charge on any atom is 0.225 e. The lowest BCUT2D eigenvalue weighted by atomic mass is 9.98. The van der Waals surface area contributed by atoms with Gasteiger partial charge in [0, 0.05) is 6.54 Å². The third-order valence-electron chi connectivity index (χ3n) is 3.04. The van der Waals surface area contributed by atoms with E-state index in [-0.39, 0.29) is 17.9 Å². The van der Waals surface area contributed by atoms with Crippen molar-refractivity contribution in [2.45, 2.75) is 32.7 Å². The van der Waals surface area contributed by atoms with Gasteiger partial charge in [0.15, 0.2) is 0 Å². The molecule has 0 saturated carbocycles. The Hall–Kier alpha value is -1.36. The molecule has 1 unspecified atom stereocenters. The van der Waals surface area contributed by atoms with Crippen LogP contribution in [0.4, 0.5) is 0 Å². The summed E-state index contributed by atoms with van der Waals surface area (Å²) in [6.07, 6.45) is 3.68. The molecule has 1 fully saturated rings. The van der Waals surface area contributed by atoms with Gasteiger partial charge >= 0.3 is 0 Å². The van der Waals surface area contributed by atoms with Gasteiger partial charge in [-0.05, 0) is 33.2 Å². The molecule has 17 heavy (non-hydrogen) atoms. The van der Waals surface area contributed by atoms with Gasteiger partial charge in [-0.1, -0.05) is 0 Å². The van der Waals surface area contributed by atoms with E-state index in [1.54, 1.807) is 6.20 Å². The topological polar surface area (TPSA) is 67.2 Å². The maximum atomic E-state index is 12.0. The minimum absolute atomic E-state index is 0.0715. The molecule has 5 nitrogen and oxygen atoms in total. The standard InChI is InChI=1S/C12H19N3O2/c1-8-6-14-12(17-8)9(2)15-11(16)10-4-3-5-13-7-10/h6,9-10,13H,3-5,7H2,1-2H3,(H,15,16)/t9?,10-/m1/s1. The van der Waals surface area contributed by atoms with Crippen molar-refractivity contribution in [2.24, 2.45) is 5.92 Å². The van der Waals surface area contributed by atoms with Crippen LogP contribution in [0.2, 0.25) is 0 Å². The summed E-state index contributed by atoms with van der Waals surface area (Å²) in [6.45, 7) is 5.51. The zero-order chi connectivity index (χ0) is 12.3. The molecule has 2 rings (SSSR count). The highest BCUT2D eigenvalue weighted by Gasteiger charge is 2.23. The predicted molar refractivity (Wildman–Crippen MR) is 63.4 cm³/mol. The fourth-order valence-corrected chi connectivity index (χ4v) is 2.04. The molecule has 0 aliphatic carbocycles. The Morgan fingerprint density at radius 2 is 2.53 bits per heavy atom. The average molecular weight is 237 g/mol. The second kappa shape index (κ2) is 5.31. The number of nitrogens with one attached hydrogen (secondary N) is 2. The zero-order valence-electron chi connectivity index (χ0n) is 10.3. The van der Waals surface area contributed by atoms with Crippen molar-refractivity contribution < 1.29 is 9.21 Å². The number of aromatic nitrogens is 1. The van der Waals surface area contributed by atoms with E-state index in [0.29, 0.717) is 5.89 Å². The van der Waals surface area contributed by atoms with E-state index in [1.165, 1.54) is 0 Å². The van der Waals surface area contributed by atoms with Crippen molar-refractivity contribution in [3.8, 4) is 0 Å². The number of carbonyl (C=O) groups excluding carboxylic acids is 1. The van der Waals surface area contributed by atoms with E-state index in [1.807, 2.05) is 13.8 Å². The first-order valence-electron chi connectivity index (χ1n) is 6.10. The predicted octanol–water partition coefficient (Wildman–Crippen LogP) is 1.16. The van der Waals surface area contributed by atoms with Gasteiger partial charge in [-0.2, -0.15) is 0 Å². The number of carbonyl (C=O) groups is 1. The van der Waals surface area contributed by atoms with Crippen LogP contribution in [0.3, 0.4) is 0 Å². The number of aryl methyl sites for hydroxylation is 1. The Labute approximate surface area is 101 Å². The van der Waals surface area contributed by atoms with Crippen molar-refractivity contribution in [3.63, 3.8) is 0 Å². The highest BCUT2D eigenvalue weighted by molar-refractivity contribution is 5.79. The van der Waals surface area contributed by atoms with Gasteiger partial charge in [-0.3, -0.25) is 4.79 Å². The molecule has 1 amide bonds. The Kier molecular flexibility index (Phi) is 3.78. The molecule has 1 aliphatic rings. The first kappa shape index (κ1) is 12.1. The van der Waals surface area contributed by atoms with E-state index in [9.17, 15) is 4.79 Å². The van der Waals surface area contributed by atoms with Crippen LogP contribution in [-0.4, -0.2) is 24.0 Å². The zero-order valence-corrected chi connectivity index (χ0v) is 10.3. The Morgan fingerprint density at radius 3 is 3.12 bits per heavy atom. The average Bonchev–Trinajstić information content (AvgIpc) is 2.77. The molecular formula is C12H19N3O2. The van der Waals surface area contributed by atoms with Gasteiger partial charge in [0.2, 0.25) is 11.8 Å². The lowest BCUT2D eigenvalue weighted by Gasteiger charge is -2.23. The number of amides is 1. The lowest BCUT2D eigenvalue weighted by molar-refractivity contribution is -0.126. The third kappa shape index (κ3) is 3.06. The molecule has 2 atom stereocenters. The number of oxazole rings is 1. The summed E-state index contributed by atoms with van der Waals surface area (Å²) in [7, 11) is 0. The second-order valence-corrected chi connectivity index (χ2v) is 4.58. The number of hydrogen-bond acceptors (Lipinski definition) is 4. The highest BCUT2D eigenvalue weighted by Crippen LogP contribution is 2.15. The van der Waals surface area contributed by atoms with E-state index in [4.69, 9.17) is 4.42 Å². The second-order valence-electron chi connectivity index (χ2n) is 4.58. The molecule has 0 bridgehead atoms. The van der Waals surface area contributed by atoms with Crippen LogP contribution < -0.4 is 10.6 Å². The van der Waals surface area contributed by atoms with Crippen LogP contribution in [0.5, 0.6) is 0 Å². The van der Waals surface area contributed by atoms with Crippen LogP contribution >= 0.6 is 0 Å². The third-order valence-corrected chi connectivity index (χ3v) is 3.04. The number of piperidine rings is 1. The van der Waals surface area contributed by atoms with Crippen molar-refractivity contribution in [1.29, 1.82) is 0 Å². The van der Waals surface area contributed by atoms with Crippen LogP contribution in [0.25, 0.3) is 0 Å². The van der Waals surface area contributed by atoms with Crippen LogP contribution in [0, 0.1) is 12.8 Å². The molecule has 1 aromatic rings. The van der Waals surface area contributed by atoms with E-state index >= 15 is 0 Å². The monoisotopic (exact) mass is 237 g/mol. The first-order chi connectivity index (χ1) is 8.16. The van der Waals surface area contributed by atoms with Gasteiger partial charge in [0.25, 0.3) is 0 Å². The number of nitrogens with zero attached hydrogens (tertiary/aromatic N) is 1. The van der Waals surface area contributed by atoms with Gasteiger partial charge in [-0.25, -0.2) is 4.98 Å².